The van der Waals surface area contributed by atoms with E-state index in [-0.39, 0.29) is 6.09 Å². The molecule has 3 aliphatic heterocycles. The summed E-state index contributed by atoms with van der Waals surface area (Å²) in [5, 5.41) is 0.763. The van der Waals surface area contributed by atoms with Gasteiger partial charge in [0.15, 0.2) is 0 Å². The third kappa shape index (κ3) is 5.48. The van der Waals surface area contributed by atoms with Gasteiger partial charge >= 0.3 is 6.09 Å². The van der Waals surface area contributed by atoms with E-state index in [0.717, 1.165) is 62.0 Å². The molecule has 0 bridgehead atoms. The molecule has 194 valence electrons. The number of halogens is 1. The number of ether oxygens (including phenoxy) is 1. The van der Waals surface area contributed by atoms with Crippen LogP contribution < -0.4 is 4.90 Å². The quantitative estimate of drug-likeness (QED) is 0.377. The van der Waals surface area contributed by atoms with Gasteiger partial charge in [-0.05, 0) is 89.8 Å². The lowest BCUT2D eigenvalue weighted by Gasteiger charge is -2.56. The van der Waals surface area contributed by atoms with Crippen molar-refractivity contribution in [1.29, 1.82) is 0 Å². The summed E-state index contributed by atoms with van der Waals surface area (Å²) in [6.07, 6.45) is 8.55. The summed E-state index contributed by atoms with van der Waals surface area (Å²) >= 11 is 8.11. The van der Waals surface area contributed by atoms with Crippen LogP contribution in [0.1, 0.15) is 59.3 Å². The van der Waals surface area contributed by atoms with E-state index in [1.165, 1.54) is 35.6 Å². The Labute approximate surface area is 224 Å². The molecule has 36 heavy (non-hydrogen) atoms. The predicted molar refractivity (Wildman–Crippen MR) is 147 cm³/mol. The summed E-state index contributed by atoms with van der Waals surface area (Å²) in [4.78, 5) is 26.5. The number of hydrogen-bond donors (Lipinski definition) is 0. The zero-order valence-electron chi connectivity index (χ0n) is 21.6. The molecule has 1 spiro atoms. The molecule has 4 heterocycles. The first-order valence-corrected chi connectivity index (χ1v) is 14.4. The van der Waals surface area contributed by atoms with Crippen molar-refractivity contribution in [3.63, 3.8) is 0 Å². The minimum atomic E-state index is -0.436. The van der Waals surface area contributed by atoms with Crippen LogP contribution in [0, 0.1) is 0 Å². The number of carbonyl (C=O) groups excluding carboxylic acids is 1. The molecule has 2 aromatic rings. The average molecular weight is 529 g/mol. The number of aromatic nitrogens is 1. The number of nitrogens with zero attached hydrogens (tertiary/aromatic N) is 4. The molecular formula is C28H37ClN4O2S. The average Bonchev–Trinajstić information content (AvgIpc) is 2.84. The highest BCUT2D eigenvalue weighted by atomic mass is 35.5. The first kappa shape index (κ1) is 25.7. The van der Waals surface area contributed by atoms with Crippen LogP contribution in [0.2, 0.25) is 5.02 Å². The monoisotopic (exact) mass is 528 g/mol. The van der Waals surface area contributed by atoms with Crippen molar-refractivity contribution in [3.05, 3.63) is 41.6 Å². The second-order valence-corrected chi connectivity index (χ2v) is 12.7. The van der Waals surface area contributed by atoms with Gasteiger partial charge in [0.1, 0.15) is 11.4 Å². The summed E-state index contributed by atoms with van der Waals surface area (Å²) in [7, 11) is 0. The largest absolute Gasteiger partial charge is 0.444 e. The number of hydrogen-bond acceptors (Lipinski definition) is 6. The van der Waals surface area contributed by atoms with Crippen LogP contribution in [0.3, 0.4) is 0 Å². The van der Waals surface area contributed by atoms with Crippen molar-refractivity contribution in [2.75, 3.05) is 37.6 Å². The third-order valence-electron chi connectivity index (χ3n) is 7.61. The zero-order chi connectivity index (χ0) is 25.3. The van der Waals surface area contributed by atoms with Gasteiger partial charge in [-0.25, -0.2) is 9.78 Å². The smallest absolute Gasteiger partial charge is 0.410 e. The summed E-state index contributed by atoms with van der Waals surface area (Å²) in [5.41, 5.74) is 1.02. The van der Waals surface area contributed by atoms with Crippen molar-refractivity contribution in [1.82, 2.24) is 14.8 Å². The third-order valence-corrected chi connectivity index (χ3v) is 8.95. The van der Waals surface area contributed by atoms with Gasteiger partial charge in [-0.1, -0.05) is 29.8 Å². The summed E-state index contributed by atoms with van der Waals surface area (Å²) < 4.78 is 5.57. The van der Waals surface area contributed by atoms with Crippen LogP contribution in [0.5, 0.6) is 0 Å². The lowest BCUT2D eigenvalue weighted by molar-refractivity contribution is -0.0620. The maximum Gasteiger partial charge on any atom is 0.410 e. The van der Waals surface area contributed by atoms with E-state index in [4.69, 9.17) is 21.3 Å². The van der Waals surface area contributed by atoms with Crippen molar-refractivity contribution in [2.24, 2.45) is 0 Å². The Morgan fingerprint density at radius 3 is 2.53 bits per heavy atom. The highest BCUT2D eigenvalue weighted by Crippen LogP contribution is 2.48. The molecule has 1 aromatic carbocycles. The molecule has 2 fully saturated rings. The standard InChI is InChI=1S/C28H37ClN4O2S/c1-27(2,3)35-26(34)31-17-11-28(12-18-31)13-19-32(28)15-5-4-6-16-33-22-20-21(29)9-10-23(22)36-24-8-7-14-30-25(24)33/h7-10,14,20H,4-6,11-13,15-19H2,1-3H3. The number of fused-ring (bicyclic) bond motifs is 2. The number of pyridine rings is 1. The molecule has 1 amide bonds. The van der Waals surface area contributed by atoms with E-state index in [9.17, 15) is 4.79 Å². The Bertz CT molecular complexity index is 1100. The summed E-state index contributed by atoms with van der Waals surface area (Å²) in [6, 6.07) is 10.3. The fraction of sp³-hybridized carbons (Fsp3) is 0.571. The number of benzene rings is 1. The molecule has 5 rings (SSSR count). The van der Waals surface area contributed by atoms with Crippen LogP contribution in [-0.2, 0) is 4.74 Å². The molecular weight excluding hydrogens is 492 g/mol. The molecule has 3 aliphatic rings. The molecule has 2 saturated heterocycles. The molecule has 0 saturated carbocycles. The Hall–Kier alpha value is -1.96. The Balaban J connectivity index is 1.10. The molecule has 0 aliphatic carbocycles. The maximum absolute atomic E-state index is 12.4. The predicted octanol–water partition coefficient (Wildman–Crippen LogP) is 6.98. The minimum Gasteiger partial charge on any atom is -0.444 e. The van der Waals surface area contributed by atoms with Gasteiger partial charge < -0.3 is 14.5 Å². The van der Waals surface area contributed by atoms with Gasteiger partial charge in [0.25, 0.3) is 0 Å². The fourth-order valence-corrected chi connectivity index (χ4v) is 6.81. The van der Waals surface area contributed by atoms with Crippen LogP contribution in [0.4, 0.5) is 16.3 Å². The normalized spacial score (nSPS) is 19.0. The lowest BCUT2D eigenvalue weighted by Crippen LogP contribution is -2.64. The number of amides is 1. The first-order chi connectivity index (χ1) is 17.2. The van der Waals surface area contributed by atoms with E-state index in [1.807, 2.05) is 44.0 Å². The maximum atomic E-state index is 12.4. The van der Waals surface area contributed by atoms with E-state index in [2.05, 4.69) is 28.0 Å². The number of unbranched alkanes of at least 4 members (excludes halogenated alkanes) is 2. The molecule has 0 atom stereocenters. The second-order valence-electron chi connectivity index (χ2n) is 11.2. The lowest BCUT2D eigenvalue weighted by atomic mass is 9.76. The van der Waals surface area contributed by atoms with E-state index >= 15 is 0 Å². The van der Waals surface area contributed by atoms with Crippen molar-refractivity contribution in [3.8, 4) is 0 Å². The summed E-state index contributed by atoms with van der Waals surface area (Å²) in [5.74, 6) is 1.04. The first-order valence-electron chi connectivity index (χ1n) is 13.2. The number of carbonyl (C=O) groups is 1. The van der Waals surface area contributed by atoms with Gasteiger partial charge in [0.05, 0.1) is 10.6 Å². The topological polar surface area (TPSA) is 48.9 Å². The van der Waals surface area contributed by atoms with E-state index in [0.29, 0.717) is 5.54 Å². The highest BCUT2D eigenvalue weighted by Gasteiger charge is 2.46. The zero-order valence-corrected chi connectivity index (χ0v) is 23.2. The second kappa shape index (κ2) is 10.4. The van der Waals surface area contributed by atoms with Crippen LogP contribution >= 0.6 is 23.4 Å². The van der Waals surface area contributed by atoms with Crippen molar-refractivity contribution in [2.45, 2.75) is 80.2 Å². The molecule has 0 N–H and O–H groups in total. The van der Waals surface area contributed by atoms with Crippen molar-refractivity contribution >= 4 is 41.0 Å². The van der Waals surface area contributed by atoms with Gasteiger partial charge in [-0.15, -0.1) is 0 Å². The van der Waals surface area contributed by atoms with Crippen LogP contribution in [-0.4, -0.2) is 64.7 Å². The number of anilines is 2. The number of piperidine rings is 1. The number of rotatable bonds is 6. The minimum absolute atomic E-state index is 0.168. The fourth-order valence-electron chi connectivity index (χ4n) is 5.59. The molecule has 1 aromatic heterocycles. The van der Waals surface area contributed by atoms with E-state index in [1.54, 1.807) is 11.8 Å². The van der Waals surface area contributed by atoms with Gasteiger partial charge in [0, 0.05) is 47.8 Å². The highest BCUT2D eigenvalue weighted by molar-refractivity contribution is 7.99. The van der Waals surface area contributed by atoms with Crippen molar-refractivity contribution < 1.29 is 9.53 Å². The molecule has 0 unspecified atom stereocenters. The van der Waals surface area contributed by atoms with Gasteiger partial charge in [-0.2, -0.15) is 0 Å². The van der Waals surface area contributed by atoms with Gasteiger partial charge in [-0.3, -0.25) is 4.90 Å². The summed E-state index contributed by atoms with van der Waals surface area (Å²) in [6.45, 7) is 10.6. The molecule has 8 heteroatoms. The van der Waals surface area contributed by atoms with Crippen LogP contribution in [0.15, 0.2) is 46.3 Å². The van der Waals surface area contributed by atoms with Crippen LogP contribution in [0.25, 0.3) is 0 Å². The Morgan fingerprint density at radius 2 is 1.81 bits per heavy atom. The molecule has 6 nitrogen and oxygen atoms in total. The Kier molecular flexibility index (Phi) is 7.44. The van der Waals surface area contributed by atoms with Gasteiger partial charge in [0.2, 0.25) is 0 Å². The molecule has 0 radical (unpaired) electrons. The van der Waals surface area contributed by atoms with E-state index < -0.39 is 5.60 Å². The number of likely N-dealkylation sites (tertiary alicyclic amines) is 2. The SMILES string of the molecule is CC(C)(C)OC(=O)N1CCC2(CC1)CCN2CCCCCN1c2cc(Cl)ccc2Sc2cccnc21. The Morgan fingerprint density at radius 1 is 1.06 bits per heavy atom.